The van der Waals surface area contributed by atoms with Gasteiger partial charge in [-0.15, -0.1) is 0 Å². The largest absolute Gasteiger partial charge is 0.480 e. The molecule has 12 heavy (non-hydrogen) atoms. The molecule has 1 unspecified atom stereocenters. The molecule has 6 heteroatoms. The first-order valence-corrected chi connectivity index (χ1v) is 3.19. The Labute approximate surface area is 69.6 Å². The fourth-order valence-corrected chi connectivity index (χ4v) is 0.825. The fourth-order valence-electron chi connectivity index (χ4n) is 0.825. The number of amides is 3. The molecule has 1 aliphatic heterocycles. The van der Waals surface area contributed by atoms with Crippen LogP contribution in [0.1, 0.15) is 7.79 Å². The van der Waals surface area contributed by atoms with Gasteiger partial charge in [0, 0.05) is 8.39 Å². The Morgan fingerprint density at radius 2 is 2.50 bits per heavy atom. The lowest BCUT2D eigenvalue weighted by Crippen LogP contribution is -2.55. The van der Waals surface area contributed by atoms with E-state index in [2.05, 4.69) is 5.32 Å². The lowest BCUT2D eigenvalue weighted by molar-refractivity contribution is -0.143. The molecule has 1 aliphatic rings. The molecule has 1 rings (SSSR count). The minimum absolute atomic E-state index is 0.292. The summed E-state index contributed by atoms with van der Waals surface area (Å²) in [4.78, 5) is 33.1. The number of carbonyl (C=O) groups is 3. The van der Waals surface area contributed by atoms with E-state index >= 15 is 0 Å². The number of hydrogen-bond acceptors (Lipinski definition) is 3. The molecule has 0 aromatic heterocycles. The van der Waals surface area contributed by atoms with Crippen LogP contribution in [0.4, 0.5) is 4.79 Å². The van der Waals surface area contributed by atoms with Gasteiger partial charge in [0.2, 0.25) is 5.91 Å². The monoisotopic (exact) mass is 173 g/mol. The van der Waals surface area contributed by atoms with Crippen molar-refractivity contribution >= 4 is 17.9 Å². The molecule has 0 bridgehead atoms. The van der Waals surface area contributed by atoms with Gasteiger partial charge in [0.1, 0.15) is 6.04 Å². The average molecular weight is 173 g/mol. The zero-order valence-corrected chi connectivity index (χ0v) is 6.11. The number of hydrogen-bond donors (Lipinski definition) is 2. The van der Waals surface area contributed by atoms with E-state index in [9.17, 15) is 14.4 Å². The highest BCUT2D eigenvalue weighted by molar-refractivity contribution is 6.00. The summed E-state index contributed by atoms with van der Waals surface area (Å²) in [7, 11) is -0.489. The third-order valence-corrected chi connectivity index (χ3v) is 1.52. The maximum absolute atomic E-state index is 11.0. The van der Waals surface area contributed by atoms with Crippen LogP contribution < -0.4 is 5.32 Å². The van der Waals surface area contributed by atoms with Gasteiger partial charge in [0.05, 0.1) is 6.42 Å². The average Bonchev–Trinajstić information content (AvgIpc) is 2.03. The van der Waals surface area contributed by atoms with Gasteiger partial charge in [-0.25, -0.2) is 9.59 Å². The summed E-state index contributed by atoms with van der Waals surface area (Å²) in [6.45, 7) is 0. The van der Waals surface area contributed by atoms with Crippen LogP contribution in [0.3, 0.4) is 0 Å². The van der Waals surface area contributed by atoms with Crippen LogP contribution in [-0.4, -0.2) is 41.0 Å². The number of nitrogens with one attached hydrogen (secondary N) is 1. The van der Waals surface area contributed by atoms with Crippen LogP contribution >= 0.6 is 0 Å². The molecule has 66 valence electrons. The topological polar surface area (TPSA) is 86.7 Å². The van der Waals surface area contributed by atoms with Crippen molar-refractivity contribution in [3.63, 3.8) is 0 Å². The number of imide groups is 1. The molecule has 0 saturated carbocycles. The van der Waals surface area contributed by atoms with Crippen molar-refractivity contribution in [2.24, 2.45) is 0 Å². The number of carbonyl (C=O) groups excluding carboxylic acids is 2. The van der Waals surface area contributed by atoms with Crippen molar-refractivity contribution in [2.45, 2.75) is 12.5 Å². The molecule has 1 heterocycles. The molecule has 1 atom stereocenters. The minimum Gasteiger partial charge on any atom is -0.480 e. The highest BCUT2D eigenvalue weighted by atomic mass is 16.4. The first-order valence-electron chi connectivity index (χ1n) is 3.90. The molecule has 0 spiro atoms. The summed E-state index contributed by atoms with van der Waals surface area (Å²) in [6, 6.07) is -1.98. The summed E-state index contributed by atoms with van der Waals surface area (Å²) < 4.78 is 6.83. The zero-order chi connectivity index (χ0) is 10.0. The van der Waals surface area contributed by atoms with E-state index in [0.717, 1.165) is 0 Å². The van der Waals surface area contributed by atoms with Crippen molar-refractivity contribution in [3.8, 4) is 0 Å². The van der Waals surface area contributed by atoms with Gasteiger partial charge < -0.3 is 10.4 Å². The van der Waals surface area contributed by atoms with E-state index in [4.69, 9.17) is 6.48 Å². The van der Waals surface area contributed by atoms with Gasteiger partial charge in [-0.05, 0) is 0 Å². The summed E-state index contributed by atoms with van der Waals surface area (Å²) in [5.74, 6) is -1.88. The molecule has 2 N–H and O–H groups in total. The SMILES string of the molecule is [2H]CN1C(=O)CC(C(=O)O)NC1=O. The summed E-state index contributed by atoms with van der Waals surface area (Å²) in [5.41, 5.74) is 0. The second kappa shape index (κ2) is 2.80. The lowest BCUT2D eigenvalue weighted by atomic mass is 10.1. The number of nitrogens with zero attached hydrogens (tertiary/aromatic N) is 1. The Morgan fingerprint density at radius 3 is 2.92 bits per heavy atom. The standard InChI is InChI=1S/C6H8N2O4/c1-8-4(9)2-3(5(10)11)7-6(8)12/h3H,2H2,1H3,(H,7,12)(H,10,11)/i1D. The summed E-state index contributed by atoms with van der Waals surface area (Å²) in [6.07, 6.45) is -0.292. The van der Waals surface area contributed by atoms with Gasteiger partial charge in [0.15, 0.2) is 0 Å². The predicted molar refractivity (Wildman–Crippen MR) is 37.3 cm³/mol. The second-order valence-electron chi connectivity index (χ2n) is 2.37. The van der Waals surface area contributed by atoms with Crippen molar-refractivity contribution in [2.75, 3.05) is 7.02 Å². The predicted octanol–water partition coefficient (Wildman–Crippen LogP) is -0.989. The van der Waals surface area contributed by atoms with Gasteiger partial charge in [-0.1, -0.05) is 0 Å². The number of rotatable bonds is 1. The van der Waals surface area contributed by atoms with Gasteiger partial charge in [-0.2, -0.15) is 0 Å². The third-order valence-electron chi connectivity index (χ3n) is 1.52. The molecule has 6 nitrogen and oxygen atoms in total. The van der Waals surface area contributed by atoms with Crippen LogP contribution in [0, 0.1) is 0 Å². The van der Waals surface area contributed by atoms with Crippen LogP contribution in [0.2, 0.25) is 0 Å². The fraction of sp³-hybridized carbons (Fsp3) is 0.500. The van der Waals surface area contributed by atoms with Crippen molar-refractivity contribution in [1.29, 1.82) is 0 Å². The van der Waals surface area contributed by atoms with Gasteiger partial charge in [0.25, 0.3) is 0 Å². The normalized spacial score (nSPS) is 24.8. The van der Waals surface area contributed by atoms with E-state index in [0.29, 0.717) is 4.90 Å². The molecule has 1 saturated heterocycles. The number of urea groups is 1. The van der Waals surface area contributed by atoms with Crippen LogP contribution in [0.25, 0.3) is 0 Å². The maximum Gasteiger partial charge on any atom is 0.326 e. The summed E-state index contributed by atoms with van der Waals surface area (Å²) in [5, 5.41) is 10.6. The maximum atomic E-state index is 11.0. The van der Waals surface area contributed by atoms with E-state index in [1.165, 1.54) is 0 Å². The first-order chi connectivity index (χ1) is 6.06. The van der Waals surface area contributed by atoms with E-state index in [1.54, 1.807) is 0 Å². The molecular weight excluding hydrogens is 164 g/mol. The number of carboxylic acids is 1. The molecule has 3 amide bonds. The zero-order valence-electron chi connectivity index (χ0n) is 7.11. The Kier molecular flexibility index (Phi) is 1.65. The molecule has 0 radical (unpaired) electrons. The second-order valence-corrected chi connectivity index (χ2v) is 2.37. The van der Waals surface area contributed by atoms with Crippen LogP contribution in [0.5, 0.6) is 0 Å². The van der Waals surface area contributed by atoms with Crippen molar-refractivity contribution in [1.82, 2.24) is 10.2 Å². The highest BCUT2D eigenvalue weighted by Gasteiger charge is 2.32. The highest BCUT2D eigenvalue weighted by Crippen LogP contribution is 2.04. The molecule has 0 aromatic carbocycles. The number of carboxylic acid groups (broad SMARTS) is 1. The minimum atomic E-state index is -1.24. The molecular formula is C6H8N2O4. The van der Waals surface area contributed by atoms with Crippen molar-refractivity contribution in [3.05, 3.63) is 0 Å². The van der Waals surface area contributed by atoms with Crippen LogP contribution in [0.15, 0.2) is 0 Å². The quantitative estimate of drug-likeness (QED) is 0.533. The van der Waals surface area contributed by atoms with E-state index in [1.807, 2.05) is 0 Å². The Balaban J connectivity index is 2.73. The Bertz CT molecular complexity index is 249. The van der Waals surface area contributed by atoms with Gasteiger partial charge >= 0.3 is 12.0 Å². The summed E-state index contributed by atoms with van der Waals surface area (Å²) >= 11 is 0. The third kappa shape index (κ3) is 1.36. The van der Waals surface area contributed by atoms with E-state index in [-0.39, 0.29) is 6.42 Å². The Morgan fingerprint density at radius 1 is 1.83 bits per heavy atom. The smallest absolute Gasteiger partial charge is 0.326 e. The lowest BCUT2D eigenvalue weighted by Gasteiger charge is -2.25. The van der Waals surface area contributed by atoms with Gasteiger partial charge in [-0.3, -0.25) is 9.69 Å². The Hall–Kier alpha value is -1.59. The number of aliphatic carboxylic acids is 1. The van der Waals surface area contributed by atoms with Crippen molar-refractivity contribution < 1.29 is 20.9 Å². The van der Waals surface area contributed by atoms with Crippen LogP contribution in [-0.2, 0) is 9.59 Å². The first kappa shape index (κ1) is 7.08. The van der Waals surface area contributed by atoms with E-state index < -0.39 is 31.0 Å². The molecule has 0 aromatic rings. The molecule has 0 aliphatic carbocycles. The molecule has 1 fully saturated rings.